The molecule has 2 heterocycles. The molecule has 2 aromatic rings. The van der Waals surface area contributed by atoms with Gasteiger partial charge in [0.2, 0.25) is 5.91 Å². The molecule has 1 atom stereocenters. The maximum Gasteiger partial charge on any atom is 0.235 e. The highest BCUT2D eigenvalue weighted by atomic mass is 32.2. The quantitative estimate of drug-likeness (QED) is 0.891. The second-order valence-corrected chi connectivity index (χ2v) is 6.35. The lowest BCUT2D eigenvalue weighted by atomic mass is 9.99. The molecule has 0 saturated heterocycles. The molecular weight excluding hydrogens is 270 g/mol. The Balaban J connectivity index is 1.96. The van der Waals surface area contributed by atoms with Crippen molar-refractivity contribution >= 4 is 23.5 Å². The number of amides is 1. The van der Waals surface area contributed by atoms with Gasteiger partial charge in [0.15, 0.2) is 0 Å². The molecule has 1 aliphatic heterocycles. The summed E-state index contributed by atoms with van der Waals surface area (Å²) in [6, 6.07) is 8.64. The summed E-state index contributed by atoms with van der Waals surface area (Å²) < 4.78 is 0. The minimum Gasteiger partial charge on any atom is -0.310 e. The maximum absolute atomic E-state index is 11.7. The van der Waals surface area contributed by atoms with E-state index in [-0.39, 0.29) is 11.2 Å². The lowest BCUT2D eigenvalue weighted by Gasteiger charge is -2.15. The Morgan fingerprint density at radius 1 is 1.30 bits per heavy atom. The first kappa shape index (κ1) is 13.2. The Hall–Kier alpha value is -1.75. The molecule has 0 saturated carbocycles. The minimum atomic E-state index is 0.0156. The number of carbonyl (C=O) groups is 1. The fourth-order valence-electron chi connectivity index (χ4n) is 2.35. The predicted molar refractivity (Wildman–Crippen MR) is 82.0 cm³/mol. The summed E-state index contributed by atoms with van der Waals surface area (Å²) in [6.07, 6.45) is 1.80. The molecule has 1 unspecified atom stereocenters. The van der Waals surface area contributed by atoms with E-state index in [1.54, 1.807) is 18.0 Å². The van der Waals surface area contributed by atoms with Crippen LogP contribution in [-0.2, 0) is 4.79 Å². The number of aromatic amines is 1. The fraction of sp³-hybridized carbons (Fsp3) is 0.333. The van der Waals surface area contributed by atoms with E-state index in [9.17, 15) is 4.79 Å². The van der Waals surface area contributed by atoms with Crippen LogP contribution < -0.4 is 5.32 Å². The number of benzene rings is 1. The lowest BCUT2D eigenvalue weighted by Crippen LogP contribution is -2.12. The number of nitrogens with one attached hydrogen (secondary N) is 2. The Morgan fingerprint density at radius 2 is 2.05 bits per heavy atom. The summed E-state index contributed by atoms with van der Waals surface area (Å²) in [5.74, 6) is 1.72. The minimum absolute atomic E-state index is 0.0156. The van der Waals surface area contributed by atoms with E-state index in [1.807, 2.05) is 0 Å². The van der Waals surface area contributed by atoms with E-state index in [0.29, 0.717) is 11.7 Å². The molecule has 104 valence electrons. The number of thioether (sulfide) groups is 1. The van der Waals surface area contributed by atoms with Crippen molar-refractivity contribution in [1.29, 1.82) is 0 Å². The van der Waals surface area contributed by atoms with Crippen LogP contribution in [0.25, 0.3) is 0 Å². The average Bonchev–Trinajstić information content (AvgIpc) is 2.81. The number of rotatable bonds is 2. The summed E-state index contributed by atoms with van der Waals surface area (Å²) in [5, 5.41) is 9.91. The fourth-order valence-corrected chi connectivity index (χ4v) is 3.45. The molecule has 0 spiro atoms. The first-order valence-corrected chi connectivity index (χ1v) is 7.74. The molecule has 0 radical (unpaired) electrons. The molecule has 1 amide bonds. The third kappa shape index (κ3) is 2.45. The summed E-state index contributed by atoms with van der Waals surface area (Å²) in [6.45, 7) is 4.37. The Labute approximate surface area is 122 Å². The number of carbonyl (C=O) groups excluding carboxylic acids is 1. The van der Waals surface area contributed by atoms with Crippen molar-refractivity contribution in [2.24, 2.45) is 0 Å². The number of hydrogen-bond acceptors (Lipinski definition) is 3. The number of H-pyrrole nitrogens is 1. The first-order valence-electron chi connectivity index (χ1n) is 6.69. The number of anilines is 1. The van der Waals surface area contributed by atoms with Crippen LogP contribution in [0.3, 0.4) is 0 Å². The second-order valence-electron chi connectivity index (χ2n) is 5.26. The van der Waals surface area contributed by atoms with Crippen LogP contribution in [0.1, 0.15) is 41.7 Å². The van der Waals surface area contributed by atoms with Crippen LogP contribution in [-0.4, -0.2) is 21.9 Å². The molecule has 2 N–H and O–H groups in total. The zero-order valence-corrected chi connectivity index (χ0v) is 12.3. The van der Waals surface area contributed by atoms with E-state index in [0.717, 1.165) is 11.4 Å². The van der Waals surface area contributed by atoms with Gasteiger partial charge in [0.1, 0.15) is 5.82 Å². The van der Waals surface area contributed by atoms with Gasteiger partial charge in [-0.1, -0.05) is 38.1 Å². The second kappa shape index (κ2) is 5.32. The standard InChI is InChI=1S/C15H17N3OS/c1-9(2)10-3-5-11(6-4-10)14-12-7-16-18-15(12)17-13(19)8-20-14/h3-7,9,14H,8H2,1-2H3,(H2,16,17,18,19). The Bertz CT molecular complexity index is 618. The largest absolute Gasteiger partial charge is 0.310 e. The third-order valence-corrected chi connectivity index (χ3v) is 4.79. The van der Waals surface area contributed by atoms with Crippen LogP contribution in [0, 0.1) is 0 Å². The Kier molecular flexibility index (Phi) is 3.53. The maximum atomic E-state index is 11.7. The number of nitrogens with zero attached hydrogens (tertiary/aromatic N) is 1. The van der Waals surface area contributed by atoms with Crippen LogP contribution in [0.4, 0.5) is 5.82 Å². The normalized spacial score (nSPS) is 18.6. The van der Waals surface area contributed by atoms with Gasteiger partial charge in [-0.05, 0) is 17.0 Å². The van der Waals surface area contributed by atoms with E-state index >= 15 is 0 Å². The smallest absolute Gasteiger partial charge is 0.235 e. The van der Waals surface area contributed by atoms with Gasteiger partial charge in [0.25, 0.3) is 0 Å². The zero-order valence-electron chi connectivity index (χ0n) is 11.5. The third-order valence-electron chi connectivity index (χ3n) is 3.50. The van der Waals surface area contributed by atoms with Crippen LogP contribution in [0.15, 0.2) is 30.5 Å². The van der Waals surface area contributed by atoms with Crippen molar-refractivity contribution in [3.63, 3.8) is 0 Å². The SMILES string of the molecule is CC(C)c1ccc(C2SCC(=O)Nc3[nH]ncc32)cc1. The molecule has 0 fully saturated rings. The molecule has 4 nitrogen and oxygen atoms in total. The van der Waals surface area contributed by atoms with Crippen molar-refractivity contribution in [2.45, 2.75) is 25.0 Å². The highest BCUT2D eigenvalue weighted by Crippen LogP contribution is 2.40. The van der Waals surface area contributed by atoms with Crippen LogP contribution >= 0.6 is 11.8 Å². The van der Waals surface area contributed by atoms with E-state index in [1.165, 1.54) is 11.1 Å². The van der Waals surface area contributed by atoms with E-state index in [2.05, 4.69) is 53.6 Å². The molecule has 0 aliphatic carbocycles. The molecular formula is C15H17N3OS. The molecule has 1 aromatic heterocycles. The summed E-state index contributed by atoms with van der Waals surface area (Å²) in [4.78, 5) is 11.7. The predicted octanol–water partition coefficient (Wildman–Crippen LogP) is 3.31. The van der Waals surface area contributed by atoms with Crippen LogP contribution in [0.5, 0.6) is 0 Å². The summed E-state index contributed by atoms with van der Waals surface area (Å²) in [5.41, 5.74) is 3.57. The van der Waals surface area contributed by atoms with E-state index < -0.39 is 0 Å². The average molecular weight is 287 g/mol. The molecule has 0 bridgehead atoms. The molecule has 3 rings (SSSR count). The number of fused-ring (bicyclic) bond motifs is 1. The van der Waals surface area contributed by atoms with Gasteiger partial charge < -0.3 is 5.32 Å². The number of aromatic nitrogens is 2. The number of hydrogen-bond donors (Lipinski definition) is 2. The Morgan fingerprint density at radius 3 is 2.75 bits per heavy atom. The lowest BCUT2D eigenvalue weighted by molar-refractivity contribution is -0.113. The van der Waals surface area contributed by atoms with Crippen molar-refractivity contribution in [1.82, 2.24) is 10.2 Å². The highest BCUT2D eigenvalue weighted by molar-refractivity contribution is 8.00. The van der Waals surface area contributed by atoms with Crippen molar-refractivity contribution in [3.8, 4) is 0 Å². The summed E-state index contributed by atoms with van der Waals surface area (Å²) in [7, 11) is 0. The zero-order chi connectivity index (χ0) is 14.1. The van der Waals surface area contributed by atoms with Crippen molar-refractivity contribution < 1.29 is 4.79 Å². The molecule has 5 heteroatoms. The van der Waals surface area contributed by atoms with Gasteiger partial charge in [-0.25, -0.2) is 0 Å². The van der Waals surface area contributed by atoms with Gasteiger partial charge in [0.05, 0.1) is 17.2 Å². The monoisotopic (exact) mass is 287 g/mol. The molecule has 1 aromatic carbocycles. The van der Waals surface area contributed by atoms with E-state index in [4.69, 9.17) is 0 Å². The first-order chi connectivity index (χ1) is 9.65. The molecule has 20 heavy (non-hydrogen) atoms. The van der Waals surface area contributed by atoms with Gasteiger partial charge in [-0.2, -0.15) is 5.10 Å². The van der Waals surface area contributed by atoms with Gasteiger partial charge in [0, 0.05) is 5.56 Å². The van der Waals surface area contributed by atoms with Crippen molar-refractivity contribution in [2.75, 3.05) is 11.1 Å². The topological polar surface area (TPSA) is 57.8 Å². The molecule has 1 aliphatic rings. The van der Waals surface area contributed by atoms with Gasteiger partial charge in [-0.3, -0.25) is 9.89 Å². The van der Waals surface area contributed by atoms with Gasteiger partial charge in [-0.15, -0.1) is 11.8 Å². The van der Waals surface area contributed by atoms with Gasteiger partial charge >= 0.3 is 0 Å². The summed E-state index contributed by atoms with van der Waals surface area (Å²) >= 11 is 1.63. The van der Waals surface area contributed by atoms with Crippen molar-refractivity contribution in [3.05, 3.63) is 47.2 Å². The highest BCUT2D eigenvalue weighted by Gasteiger charge is 2.25. The van der Waals surface area contributed by atoms with Crippen LogP contribution in [0.2, 0.25) is 0 Å².